The van der Waals surface area contributed by atoms with Gasteiger partial charge in [-0.1, -0.05) is 54.2 Å². The van der Waals surface area contributed by atoms with Crippen molar-refractivity contribution in [3.8, 4) is 16.9 Å². The summed E-state index contributed by atoms with van der Waals surface area (Å²) in [6.07, 6.45) is 1.81. The molecule has 0 atom stereocenters. The third kappa shape index (κ3) is 4.46. The van der Waals surface area contributed by atoms with Crippen LogP contribution in [-0.2, 0) is 11.3 Å². The molecule has 7 heteroatoms. The molecule has 0 aliphatic heterocycles. The number of hydrogen-bond donors (Lipinski definition) is 1. The lowest BCUT2D eigenvalue weighted by Crippen LogP contribution is -2.24. The van der Waals surface area contributed by atoms with Crippen LogP contribution in [0.15, 0.2) is 71.9 Å². The van der Waals surface area contributed by atoms with E-state index >= 15 is 0 Å². The number of nitrogens with one attached hydrogen (secondary N) is 1. The zero-order valence-electron chi connectivity index (χ0n) is 16.8. The SMILES string of the molecule is COc1ccc(-c2cnn3c(SCC(=O)NCc4ccccc4)cc(C)nc23)cc1. The standard InChI is InChI=1S/C23H22N4O2S/c1-16-12-22(30-15-21(28)24-13-17-6-4-3-5-7-17)27-23(26-16)20(14-25-27)18-8-10-19(29-2)11-9-18/h3-12,14H,13,15H2,1-2H3,(H,24,28). The first kappa shape index (κ1) is 20.0. The van der Waals surface area contributed by atoms with Gasteiger partial charge in [0.15, 0.2) is 5.65 Å². The Morgan fingerprint density at radius 2 is 1.90 bits per heavy atom. The van der Waals surface area contributed by atoms with Crippen molar-refractivity contribution in [2.45, 2.75) is 18.5 Å². The maximum atomic E-state index is 12.3. The van der Waals surface area contributed by atoms with E-state index in [9.17, 15) is 4.79 Å². The van der Waals surface area contributed by atoms with Gasteiger partial charge >= 0.3 is 0 Å². The Hall–Kier alpha value is -3.32. The highest BCUT2D eigenvalue weighted by molar-refractivity contribution is 7.99. The Balaban J connectivity index is 1.50. The number of rotatable bonds is 7. The third-order valence-corrected chi connectivity index (χ3v) is 5.64. The van der Waals surface area contributed by atoms with E-state index in [0.29, 0.717) is 12.3 Å². The topological polar surface area (TPSA) is 68.5 Å². The van der Waals surface area contributed by atoms with Gasteiger partial charge in [0.05, 0.1) is 19.1 Å². The maximum Gasteiger partial charge on any atom is 0.230 e. The van der Waals surface area contributed by atoms with Crippen LogP contribution in [0.3, 0.4) is 0 Å². The van der Waals surface area contributed by atoms with E-state index in [4.69, 9.17) is 4.74 Å². The normalized spacial score (nSPS) is 10.9. The van der Waals surface area contributed by atoms with E-state index < -0.39 is 0 Å². The lowest BCUT2D eigenvalue weighted by atomic mass is 10.1. The fourth-order valence-electron chi connectivity index (χ4n) is 3.11. The van der Waals surface area contributed by atoms with Gasteiger partial charge in [0, 0.05) is 17.8 Å². The first-order valence-corrected chi connectivity index (χ1v) is 10.6. The summed E-state index contributed by atoms with van der Waals surface area (Å²) in [6.45, 7) is 2.47. The minimum Gasteiger partial charge on any atom is -0.497 e. The van der Waals surface area contributed by atoms with Crippen molar-refractivity contribution in [2.24, 2.45) is 0 Å². The molecule has 2 heterocycles. The maximum absolute atomic E-state index is 12.3. The highest BCUT2D eigenvalue weighted by Crippen LogP contribution is 2.28. The van der Waals surface area contributed by atoms with Crippen LogP contribution < -0.4 is 10.1 Å². The summed E-state index contributed by atoms with van der Waals surface area (Å²) in [4.78, 5) is 17.0. The van der Waals surface area contributed by atoms with Gasteiger partial charge in [0.2, 0.25) is 5.91 Å². The Morgan fingerprint density at radius 3 is 2.63 bits per heavy atom. The molecule has 6 nitrogen and oxygen atoms in total. The Morgan fingerprint density at radius 1 is 1.13 bits per heavy atom. The van der Waals surface area contributed by atoms with Gasteiger partial charge in [0.1, 0.15) is 10.8 Å². The molecule has 152 valence electrons. The second kappa shape index (κ2) is 9.00. The number of hydrogen-bond acceptors (Lipinski definition) is 5. The number of methoxy groups -OCH3 is 1. The van der Waals surface area contributed by atoms with Gasteiger partial charge in [0.25, 0.3) is 0 Å². The molecule has 0 bridgehead atoms. The number of fused-ring (bicyclic) bond motifs is 1. The van der Waals surface area contributed by atoms with Crippen molar-refractivity contribution in [1.29, 1.82) is 0 Å². The van der Waals surface area contributed by atoms with Crippen LogP contribution in [-0.4, -0.2) is 33.4 Å². The minimum absolute atomic E-state index is 0.0194. The number of aromatic nitrogens is 3. The van der Waals surface area contributed by atoms with Crippen molar-refractivity contribution in [3.63, 3.8) is 0 Å². The van der Waals surface area contributed by atoms with Crippen molar-refractivity contribution < 1.29 is 9.53 Å². The van der Waals surface area contributed by atoms with Gasteiger partial charge < -0.3 is 10.1 Å². The van der Waals surface area contributed by atoms with Gasteiger partial charge in [-0.2, -0.15) is 5.10 Å². The van der Waals surface area contributed by atoms with Gasteiger partial charge in [-0.25, -0.2) is 9.50 Å². The first-order valence-electron chi connectivity index (χ1n) is 9.57. The number of amides is 1. The van der Waals surface area contributed by atoms with Gasteiger partial charge in [-0.05, 0) is 36.2 Å². The molecule has 0 aliphatic rings. The molecular formula is C23H22N4O2S. The van der Waals surface area contributed by atoms with Crippen molar-refractivity contribution in [2.75, 3.05) is 12.9 Å². The number of thioether (sulfide) groups is 1. The fraction of sp³-hybridized carbons (Fsp3) is 0.174. The predicted octanol–water partition coefficient (Wildman–Crippen LogP) is 4.12. The summed E-state index contributed by atoms with van der Waals surface area (Å²) in [5.41, 5.74) is 4.68. The van der Waals surface area contributed by atoms with Crippen molar-refractivity contribution in [3.05, 3.63) is 78.1 Å². The minimum atomic E-state index is -0.0194. The highest BCUT2D eigenvalue weighted by atomic mass is 32.2. The molecule has 0 unspecified atom stereocenters. The molecular weight excluding hydrogens is 396 g/mol. The predicted molar refractivity (Wildman–Crippen MR) is 119 cm³/mol. The van der Waals surface area contributed by atoms with Crippen molar-refractivity contribution in [1.82, 2.24) is 19.9 Å². The number of carbonyl (C=O) groups excluding carboxylic acids is 1. The first-order chi connectivity index (χ1) is 14.6. The smallest absolute Gasteiger partial charge is 0.230 e. The molecule has 4 rings (SSSR count). The zero-order chi connectivity index (χ0) is 20.9. The number of carbonyl (C=O) groups is 1. The summed E-state index contributed by atoms with van der Waals surface area (Å²) < 4.78 is 7.03. The lowest BCUT2D eigenvalue weighted by molar-refractivity contribution is -0.118. The molecule has 0 saturated heterocycles. The van der Waals surface area contributed by atoms with Crippen LogP contribution in [0, 0.1) is 6.92 Å². The monoisotopic (exact) mass is 418 g/mol. The average Bonchev–Trinajstić information content (AvgIpc) is 3.20. The highest BCUT2D eigenvalue weighted by Gasteiger charge is 2.14. The van der Waals surface area contributed by atoms with E-state index in [2.05, 4.69) is 15.4 Å². The largest absolute Gasteiger partial charge is 0.497 e. The van der Waals surface area contributed by atoms with E-state index in [-0.39, 0.29) is 5.91 Å². The van der Waals surface area contributed by atoms with Crippen LogP contribution in [0.4, 0.5) is 0 Å². The molecule has 0 spiro atoms. The van der Waals surface area contributed by atoms with Gasteiger partial charge in [-0.15, -0.1) is 0 Å². The van der Waals surface area contributed by atoms with Crippen LogP contribution >= 0.6 is 11.8 Å². The molecule has 2 aromatic carbocycles. The number of ether oxygens (including phenoxy) is 1. The lowest BCUT2D eigenvalue weighted by Gasteiger charge is -2.08. The Kier molecular flexibility index (Phi) is 5.99. The number of aryl methyl sites for hydroxylation is 1. The Labute approximate surface area is 179 Å². The molecule has 0 fully saturated rings. The molecule has 0 radical (unpaired) electrons. The van der Waals surface area contributed by atoms with E-state index in [1.807, 2.05) is 73.8 Å². The zero-order valence-corrected chi connectivity index (χ0v) is 17.6. The Bertz CT molecular complexity index is 1160. The van der Waals surface area contributed by atoms with E-state index in [1.165, 1.54) is 11.8 Å². The summed E-state index contributed by atoms with van der Waals surface area (Å²) in [6, 6.07) is 19.6. The number of benzene rings is 2. The van der Waals surface area contributed by atoms with E-state index in [0.717, 1.165) is 38.8 Å². The van der Waals surface area contributed by atoms with Crippen LogP contribution in [0.25, 0.3) is 16.8 Å². The van der Waals surface area contributed by atoms with Crippen molar-refractivity contribution >= 4 is 23.3 Å². The quantitative estimate of drug-likeness (QED) is 0.361. The molecule has 30 heavy (non-hydrogen) atoms. The molecule has 4 aromatic rings. The molecule has 1 amide bonds. The summed E-state index contributed by atoms with van der Waals surface area (Å²) in [5, 5.41) is 8.36. The van der Waals surface area contributed by atoms with Crippen LogP contribution in [0.2, 0.25) is 0 Å². The van der Waals surface area contributed by atoms with Crippen LogP contribution in [0.1, 0.15) is 11.3 Å². The summed E-state index contributed by atoms with van der Waals surface area (Å²) in [7, 11) is 1.65. The molecule has 0 aliphatic carbocycles. The van der Waals surface area contributed by atoms with E-state index in [1.54, 1.807) is 11.6 Å². The van der Waals surface area contributed by atoms with Gasteiger partial charge in [-0.3, -0.25) is 4.79 Å². The average molecular weight is 419 g/mol. The fourth-order valence-corrected chi connectivity index (χ4v) is 4.00. The van der Waals surface area contributed by atoms with Crippen LogP contribution in [0.5, 0.6) is 5.75 Å². The molecule has 1 N–H and O–H groups in total. The second-order valence-electron chi connectivity index (χ2n) is 6.81. The summed E-state index contributed by atoms with van der Waals surface area (Å²) >= 11 is 1.45. The molecule has 0 saturated carbocycles. The number of nitrogens with zero attached hydrogens (tertiary/aromatic N) is 3. The summed E-state index contributed by atoms with van der Waals surface area (Å²) in [5.74, 6) is 1.09. The second-order valence-corrected chi connectivity index (χ2v) is 7.80. The third-order valence-electron chi connectivity index (χ3n) is 4.65. The molecule has 2 aromatic heterocycles.